The van der Waals surface area contributed by atoms with Crippen LogP contribution in [-0.2, 0) is 13.0 Å². The van der Waals surface area contributed by atoms with Gasteiger partial charge in [-0.15, -0.1) is 0 Å². The van der Waals surface area contributed by atoms with E-state index in [0.29, 0.717) is 19.5 Å². The third-order valence-electron chi connectivity index (χ3n) is 4.31. The number of halogens is 1. The van der Waals surface area contributed by atoms with Gasteiger partial charge in [0, 0.05) is 32.4 Å². The molecule has 2 N–H and O–H groups in total. The second-order valence-electron chi connectivity index (χ2n) is 6.20. The minimum absolute atomic E-state index is 0.207. The first-order chi connectivity index (χ1) is 12.2. The van der Waals surface area contributed by atoms with Crippen molar-refractivity contribution in [1.82, 2.24) is 15.6 Å². The van der Waals surface area contributed by atoms with Crippen LogP contribution in [0.5, 0.6) is 0 Å². The van der Waals surface area contributed by atoms with E-state index >= 15 is 0 Å². The standard InChI is InChI=1S/C19H23FN4O/c20-17-5-3-15(4-6-17)7-10-22-19(25)23-14-16-8-9-21-18(13-16)24-11-1-2-12-24/h3-6,8-9,13H,1-2,7,10-12,14H2,(H2,22,23,25). The molecule has 1 aromatic heterocycles. The highest BCUT2D eigenvalue weighted by molar-refractivity contribution is 5.73. The van der Waals surface area contributed by atoms with Gasteiger partial charge in [-0.25, -0.2) is 14.2 Å². The van der Waals surface area contributed by atoms with Gasteiger partial charge in [0.25, 0.3) is 0 Å². The van der Waals surface area contributed by atoms with Crippen molar-refractivity contribution in [3.05, 3.63) is 59.5 Å². The molecule has 1 aliphatic rings. The van der Waals surface area contributed by atoms with Crippen molar-refractivity contribution in [2.45, 2.75) is 25.8 Å². The lowest BCUT2D eigenvalue weighted by molar-refractivity contribution is 0.240. The summed E-state index contributed by atoms with van der Waals surface area (Å²) < 4.78 is 12.8. The van der Waals surface area contributed by atoms with Crippen molar-refractivity contribution in [3.8, 4) is 0 Å². The van der Waals surface area contributed by atoms with Crippen LogP contribution in [0, 0.1) is 5.82 Å². The lowest BCUT2D eigenvalue weighted by Gasteiger charge is -2.17. The van der Waals surface area contributed by atoms with E-state index < -0.39 is 0 Å². The van der Waals surface area contributed by atoms with Crippen molar-refractivity contribution >= 4 is 11.8 Å². The number of benzene rings is 1. The van der Waals surface area contributed by atoms with Crippen LogP contribution in [0.15, 0.2) is 42.6 Å². The molecule has 3 rings (SSSR count). The number of hydrogen-bond donors (Lipinski definition) is 2. The van der Waals surface area contributed by atoms with Crippen LogP contribution in [0.25, 0.3) is 0 Å². The fourth-order valence-electron chi connectivity index (χ4n) is 2.91. The maximum Gasteiger partial charge on any atom is 0.315 e. The quantitative estimate of drug-likeness (QED) is 0.849. The van der Waals surface area contributed by atoms with Gasteiger partial charge in [0.1, 0.15) is 11.6 Å². The molecule has 0 unspecified atom stereocenters. The van der Waals surface area contributed by atoms with Gasteiger partial charge in [0.2, 0.25) is 0 Å². The highest BCUT2D eigenvalue weighted by Gasteiger charge is 2.13. The first-order valence-corrected chi connectivity index (χ1v) is 8.67. The molecule has 0 aliphatic carbocycles. The summed E-state index contributed by atoms with van der Waals surface area (Å²) in [5.74, 6) is 0.730. The molecule has 1 saturated heterocycles. The molecule has 0 spiro atoms. The van der Waals surface area contributed by atoms with E-state index in [1.807, 2.05) is 12.1 Å². The number of rotatable bonds is 6. The molecular formula is C19H23FN4O. The Labute approximate surface area is 147 Å². The second-order valence-corrected chi connectivity index (χ2v) is 6.20. The van der Waals surface area contributed by atoms with E-state index in [2.05, 4.69) is 20.5 Å². The predicted molar refractivity (Wildman–Crippen MR) is 96.0 cm³/mol. The molecule has 2 aromatic rings. The van der Waals surface area contributed by atoms with Crippen LogP contribution in [0.3, 0.4) is 0 Å². The van der Waals surface area contributed by atoms with Crippen LogP contribution < -0.4 is 15.5 Å². The summed E-state index contributed by atoms with van der Waals surface area (Å²) in [6.45, 7) is 3.07. The zero-order valence-electron chi connectivity index (χ0n) is 14.2. The number of aromatic nitrogens is 1. The van der Waals surface area contributed by atoms with E-state index in [9.17, 15) is 9.18 Å². The molecule has 1 fully saturated rings. The fraction of sp³-hybridized carbons (Fsp3) is 0.368. The zero-order chi connectivity index (χ0) is 17.5. The Bertz CT molecular complexity index is 699. The maximum absolute atomic E-state index is 12.8. The minimum atomic E-state index is -0.250. The molecule has 2 amide bonds. The normalized spacial score (nSPS) is 13.7. The summed E-state index contributed by atoms with van der Waals surface area (Å²) in [6.07, 6.45) is 4.88. The van der Waals surface area contributed by atoms with Gasteiger partial charge in [-0.3, -0.25) is 0 Å². The number of nitrogens with zero attached hydrogens (tertiary/aromatic N) is 2. The Morgan fingerprint density at radius 1 is 1.08 bits per heavy atom. The van der Waals surface area contributed by atoms with Gasteiger partial charge in [-0.2, -0.15) is 0 Å². The van der Waals surface area contributed by atoms with Crippen LogP contribution in [0.1, 0.15) is 24.0 Å². The lowest BCUT2D eigenvalue weighted by atomic mass is 10.1. The molecule has 6 heteroatoms. The van der Waals surface area contributed by atoms with Crippen LogP contribution >= 0.6 is 0 Å². The monoisotopic (exact) mass is 342 g/mol. The number of anilines is 1. The predicted octanol–water partition coefficient (Wildman–Crippen LogP) is 2.86. The molecule has 25 heavy (non-hydrogen) atoms. The van der Waals surface area contributed by atoms with Gasteiger partial charge in [-0.1, -0.05) is 12.1 Å². The molecule has 1 aromatic carbocycles. The summed E-state index contributed by atoms with van der Waals surface area (Å²) in [6, 6.07) is 10.1. The largest absolute Gasteiger partial charge is 0.357 e. The molecule has 2 heterocycles. The van der Waals surface area contributed by atoms with Crippen LogP contribution in [0.4, 0.5) is 15.0 Å². The van der Waals surface area contributed by atoms with Crippen molar-refractivity contribution in [2.75, 3.05) is 24.5 Å². The molecule has 1 aliphatic heterocycles. The number of nitrogens with one attached hydrogen (secondary N) is 2. The van der Waals surface area contributed by atoms with Crippen molar-refractivity contribution in [3.63, 3.8) is 0 Å². The number of hydrogen-bond acceptors (Lipinski definition) is 3. The molecule has 0 saturated carbocycles. The fourth-order valence-corrected chi connectivity index (χ4v) is 2.91. The van der Waals surface area contributed by atoms with E-state index in [4.69, 9.17) is 0 Å². The third kappa shape index (κ3) is 5.17. The topological polar surface area (TPSA) is 57.3 Å². The highest BCUT2D eigenvalue weighted by Crippen LogP contribution is 2.18. The van der Waals surface area contributed by atoms with E-state index in [1.165, 1.54) is 25.0 Å². The first-order valence-electron chi connectivity index (χ1n) is 8.67. The summed E-state index contributed by atoms with van der Waals surface area (Å²) in [4.78, 5) is 18.6. The van der Waals surface area contributed by atoms with Crippen molar-refractivity contribution < 1.29 is 9.18 Å². The van der Waals surface area contributed by atoms with Crippen LogP contribution in [-0.4, -0.2) is 30.6 Å². The van der Waals surface area contributed by atoms with E-state index in [-0.39, 0.29) is 11.8 Å². The second kappa shape index (κ2) is 8.46. The van der Waals surface area contributed by atoms with Gasteiger partial charge in [-0.05, 0) is 54.7 Å². The number of carbonyl (C=O) groups excluding carboxylic acids is 1. The Morgan fingerprint density at radius 3 is 2.60 bits per heavy atom. The SMILES string of the molecule is O=C(NCCc1ccc(F)cc1)NCc1ccnc(N2CCCC2)c1. The summed E-state index contributed by atoms with van der Waals surface area (Å²) >= 11 is 0. The average Bonchev–Trinajstić information content (AvgIpc) is 3.17. The maximum atomic E-state index is 12.8. The smallest absolute Gasteiger partial charge is 0.315 e. The summed E-state index contributed by atoms with van der Waals surface area (Å²) in [5, 5.41) is 5.67. The van der Waals surface area contributed by atoms with Gasteiger partial charge >= 0.3 is 6.03 Å². The lowest BCUT2D eigenvalue weighted by Crippen LogP contribution is -2.36. The molecule has 5 nitrogen and oxygen atoms in total. The number of pyridine rings is 1. The number of amides is 2. The Hall–Kier alpha value is -2.63. The third-order valence-corrected chi connectivity index (χ3v) is 4.31. The molecule has 0 radical (unpaired) electrons. The van der Waals surface area contributed by atoms with Gasteiger partial charge in [0.05, 0.1) is 0 Å². The van der Waals surface area contributed by atoms with E-state index in [0.717, 1.165) is 30.0 Å². The van der Waals surface area contributed by atoms with Crippen LogP contribution in [0.2, 0.25) is 0 Å². The number of carbonyl (C=O) groups is 1. The highest BCUT2D eigenvalue weighted by atomic mass is 19.1. The average molecular weight is 342 g/mol. The first kappa shape index (κ1) is 17.2. The zero-order valence-corrected chi connectivity index (χ0v) is 14.2. The number of urea groups is 1. The van der Waals surface area contributed by atoms with Gasteiger partial charge in [0.15, 0.2) is 0 Å². The minimum Gasteiger partial charge on any atom is -0.357 e. The molecule has 132 valence electrons. The Kier molecular flexibility index (Phi) is 5.82. The summed E-state index contributed by atoms with van der Waals surface area (Å²) in [7, 11) is 0. The van der Waals surface area contributed by atoms with Crippen molar-refractivity contribution in [1.29, 1.82) is 0 Å². The van der Waals surface area contributed by atoms with Crippen molar-refractivity contribution in [2.24, 2.45) is 0 Å². The molecular weight excluding hydrogens is 319 g/mol. The Morgan fingerprint density at radius 2 is 1.84 bits per heavy atom. The molecule has 0 bridgehead atoms. The Balaban J connectivity index is 1.41. The van der Waals surface area contributed by atoms with Gasteiger partial charge < -0.3 is 15.5 Å². The summed E-state index contributed by atoms with van der Waals surface area (Å²) in [5.41, 5.74) is 2.02. The van der Waals surface area contributed by atoms with E-state index in [1.54, 1.807) is 18.3 Å². The molecule has 0 atom stereocenters.